The summed E-state index contributed by atoms with van der Waals surface area (Å²) in [4.78, 5) is 35.0. The third kappa shape index (κ3) is 29.4. The van der Waals surface area contributed by atoms with Crippen molar-refractivity contribution in [1.82, 2.24) is 0 Å². The number of rotatable bonds is 38. The van der Waals surface area contributed by atoms with Gasteiger partial charge in [-0.2, -0.15) is 0 Å². The predicted octanol–water partition coefficient (Wildman–Crippen LogP) is 10.3. The Morgan fingerprint density at radius 3 is 1.90 bits per heavy atom. The molecule has 0 aliphatic heterocycles. The van der Waals surface area contributed by atoms with E-state index in [2.05, 4.69) is 33.8 Å². The molecule has 0 aliphatic carbocycles. The monoisotopic (exact) mass is 866 g/mol. The van der Waals surface area contributed by atoms with E-state index < -0.39 is 44.7 Å². The number of aryl methyl sites for hydroxylation is 2. The molecule has 1 unspecified atom stereocenters. The van der Waals surface area contributed by atoms with Crippen LogP contribution < -0.4 is 5.73 Å². The van der Waals surface area contributed by atoms with E-state index >= 15 is 0 Å². The molecule has 1 aromatic rings. The van der Waals surface area contributed by atoms with Crippen LogP contribution in [0, 0.1) is 13.8 Å². The molecule has 0 bridgehead atoms. The number of phosphoric acid groups is 1. The van der Waals surface area contributed by atoms with Crippen molar-refractivity contribution in [1.29, 1.82) is 0 Å². The molecule has 4 atom stereocenters. The number of aliphatic hydroxyl groups excluding tert-OH is 2. The lowest BCUT2D eigenvalue weighted by Gasteiger charge is -2.20. The highest BCUT2D eigenvalue weighted by Gasteiger charge is 2.26. The van der Waals surface area contributed by atoms with Crippen LogP contribution in [0.25, 0.3) is 0 Å². The minimum atomic E-state index is -4.45. The van der Waals surface area contributed by atoms with Gasteiger partial charge in [-0.25, -0.2) is 4.57 Å². The Hall–Kier alpha value is -2.83. The first-order chi connectivity index (χ1) is 28.9. The first-order valence-corrected chi connectivity index (χ1v) is 24.2. The normalized spacial score (nSPS) is 14.7. The fourth-order valence-electron chi connectivity index (χ4n) is 6.36. The Kier molecular flexibility index (Phi) is 32.9. The summed E-state index contributed by atoms with van der Waals surface area (Å²) in [6, 6.07) is 0. The molecule has 344 valence electrons. The van der Waals surface area contributed by atoms with Gasteiger partial charge in [0.05, 0.1) is 25.4 Å². The van der Waals surface area contributed by atoms with Crippen molar-refractivity contribution >= 4 is 19.8 Å². The number of nitrogens with two attached hydrogens (primary N) is 1. The molecule has 0 saturated heterocycles. The van der Waals surface area contributed by atoms with Crippen LogP contribution in [0.5, 0.6) is 0 Å². The van der Waals surface area contributed by atoms with Crippen LogP contribution in [0.1, 0.15) is 165 Å². The topological polar surface area (TPSA) is 188 Å². The van der Waals surface area contributed by atoms with Crippen molar-refractivity contribution in [2.45, 2.75) is 187 Å². The summed E-state index contributed by atoms with van der Waals surface area (Å²) in [6.45, 7) is 7.66. The van der Waals surface area contributed by atoms with E-state index in [1.54, 1.807) is 36.5 Å². The fraction of sp³-hybridized carbons (Fsp3) is 0.702. The van der Waals surface area contributed by atoms with Gasteiger partial charge >= 0.3 is 19.8 Å². The van der Waals surface area contributed by atoms with Gasteiger partial charge in [0.15, 0.2) is 6.10 Å². The van der Waals surface area contributed by atoms with Gasteiger partial charge in [-0.1, -0.05) is 127 Å². The largest absolute Gasteiger partial charge is 0.472 e. The Balaban J connectivity index is 2.36. The van der Waals surface area contributed by atoms with Crippen molar-refractivity contribution in [3.63, 3.8) is 0 Å². The molecule has 13 heteroatoms. The average Bonchev–Trinajstić information content (AvgIpc) is 3.49. The maximum atomic E-state index is 12.7. The number of hydrogen-bond acceptors (Lipinski definition) is 11. The zero-order valence-electron chi connectivity index (χ0n) is 37.4. The molecular weight excluding hydrogens is 785 g/mol. The number of furan rings is 1. The molecule has 5 N–H and O–H groups in total. The molecule has 0 saturated carbocycles. The van der Waals surface area contributed by atoms with Crippen LogP contribution in [0.15, 0.2) is 53.0 Å². The molecule has 0 spiro atoms. The number of esters is 2. The third-order valence-corrected chi connectivity index (χ3v) is 11.1. The van der Waals surface area contributed by atoms with E-state index in [0.717, 1.165) is 75.7 Å². The zero-order valence-corrected chi connectivity index (χ0v) is 38.3. The summed E-state index contributed by atoms with van der Waals surface area (Å²) in [5, 5.41) is 20.3. The minimum absolute atomic E-state index is 0.0102. The number of allylic oxidation sites excluding steroid dienone is 5. The van der Waals surface area contributed by atoms with Crippen molar-refractivity contribution in [2.75, 3.05) is 26.4 Å². The molecular formula is C47H80NO11P. The van der Waals surface area contributed by atoms with Gasteiger partial charge in [0.2, 0.25) is 0 Å². The summed E-state index contributed by atoms with van der Waals surface area (Å²) < 4.78 is 38.9. The molecule has 1 heterocycles. The molecule has 0 fully saturated rings. The molecule has 12 nitrogen and oxygen atoms in total. The Bertz CT molecular complexity index is 1440. The molecule has 1 rings (SSSR count). The summed E-state index contributed by atoms with van der Waals surface area (Å²) in [5.41, 5.74) is 7.96. The Morgan fingerprint density at radius 1 is 0.700 bits per heavy atom. The third-order valence-electron chi connectivity index (χ3n) is 10.1. The van der Waals surface area contributed by atoms with Crippen LogP contribution in [0.2, 0.25) is 0 Å². The van der Waals surface area contributed by atoms with Gasteiger partial charge in [-0.15, -0.1) is 0 Å². The van der Waals surface area contributed by atoms with E-state index in [1.807, 2.05) is 6.08 Å². The van der Waals surface area contributed by atoms with Crippen molar-refractivity contribution in [2.24, 2.45) is 5.73 Å². The fourth-order valence-corrected chi connectivity index (χ4v) is 7.12. The van der Waals surface area contributed by atoms with Gasteiger partial charge in [0.1, 0.15) is 18.1 Å². The molecule has 60 heavy (non-hydrogen) atoms. The van der Waals surface area contributed by atoms with Gasteiger partial charge in [0, 0.05) is 32.2 Å². The SMILES string of the molecule is CCCCC/C=C\C[C@@H](O)/C=C/C=C/C=C\[C@@H](O)CCCC(=O)OC[C@H](COP(=O)(O)OCCN)OC(=O)CCCCCCCCCCc1oc(CCCCC)c(C)c1C. The summed E-state index contributed by atoms with van der Waals surface area (Å²) in [7, 11) is -4.45. The number of unbranched alkanes of at least 4 members (excludes halogenated alkanes) is 12. The number of carbonyl (C=O) groups excluding carboxylic acids is 2. The Labute approximate surface area is 361 Å². The van der Waals surface area contributed by atoms with E-state index in [1.165, 1.54) is 49.7 Å². The highest BCUT2D eigenvalue weighted by molar-refractivity contribution is 7.47. The minimum Gasteiger partial charge on any atom is -0.466 e. The van der Waals surface area contributed by atoms with Crippen molar-refractivity contribution in [3.05, 3.63) is 71.3 Å². The van der Waals surface area contributed by atoms with E-state index in [0.29, 0.717) is 25.7 Å². The standard InChI is InChI=1S/C47H80NO11P/c1-5-7-9-10-15-21-27-41(49)28-22-18-19-23-29-42(50)30-26-34-46(51)55-37-43(38-57-60(53,54)56-36-35-48)58-47(52)33-25-17-14-12-11-13-16-24-32-45-40(4)39(3)44(59-45)31-20-8-6-2/h15,18-19,21-23,28-29,41-43,49-50H,5-14,16-17,20,24-27,30-38,48H2,1-4H3,(H,53,54)/b19-18+,21-15-,28-22+,29-23-/t41-,42-,43-/m1/s1. The van der Waals surface area contributed by atoms with Crippen LogP contribution >= 0.6 is 7.82 Å². The maximum Gasteiger partial charge on any atom is 0.472 e. The van der Waals surface area contributed by atoms with Crippen LogP contribution in [-0.2, 0) is 45.5 Å². The molecule has 0 aliphatic rings. The van der Waals surface area contributed by atoms with E-state index in [-0.39, 0.29) is 32.6 Å². The highest BCUT2D eigenvalue weighted by atomic mass is 31.2. The number of carbonyl (C=O) groups is 2. The lowest BCUT2D eigenvalue weighted by atomic mass is 10.0. The lowest BCUT2D eigenvalue weighted by Crippen LogP contribution is -2.29. The summed E-state index contributed by atoms with van der Waals surface area (Å²) in [6.07, 6.45) is 31.7. The first kappa shape index (κ1) is 55.2. The second-order valence-electron chi connectivity index (χ2n) is 15.5. The van der Waals surface area contributed by atoms with Gasteiger partial charge in [-0.05, 0) is 76.3 Å². The summed E-state index contributed by atoms with van der Waals surface area (Å²) >= 11 is 0. The first-order valence-electron chi connectivity index (χ1n) is 22.7. The van der Waals surface area contributed by atoms with Gasteiger partial charge in [0.25, 0.3) is 0 Å². The van der Waals surface area contributed by atoms with Crippen molar-refractivity contribution in [3.8, 4) is 0 Å². The van der Waals surface area contributed by atoms with Crippen LogP contribution in [0.3, 0.4) is 0 Å². The summed E-state index contributed by atoms with van der Waals surface area (Å²) in [5.74, 6) is 1.20. The number of phosphoric ester groups is 1. The molecule has 0 amide bonds. The molecule has 0 aromatic carbocycles. The second kappa shape index (κ2) is 35.7. The quantitative estimate of drug-likeness (QED) is 0.0162. The van der Waals surface area contributed by atoms with Gasteiger partial charge in [-0.3, -0.25) is 18.6 Å². The average molecular weight is 866 g/mol. The predicted molar refractivity (Wildman–Crippen MR) is 239 cm³/mol. The highest BCUT2D eigenvalue weighted by Crippen LogP contribution is 2.43. The van der Waals surface area contributed by atoms with E-state index in [4.69, 9.17) is 28.7 Å². The zero-order chi connectivity index (χ0) is 44.3. The molecule has 0 radical (unpaired) electrons. The number of ether oxygens (including phenoxy) is 2. The number of hydrogen-bond donors (Lipinski definition) is 4. The smallest absolute Gasteiger partial charge is 0.466 e. The second-order valence-corrected chi connectivity index (χ2v) is 17.0. The Morgan fingerprint density at radius 2 is 1.27 bits per heavy atom. The van der Waals surface area contributed by atoms with E-state index in [9.17, 15) is 29.3 Å². The number of aliphatic hydroxyl groups is 2. The van der Waals surface area contributed by atoms with Crippen LogP contribution in [-0.4, -0.2) is 71.7 Å². The van der Waals surface area contributed by atoms with Crippen molar-refractivity contribution < 1.29 is 52.2 Å². The van der Waals surface area contributed by atoms with Crippen LogP contribution in [0.4, 0.5) is 0 Å². The maximum absolute atomic E-state index is 12.7. The van der Waals surface area contributed by atoms with Gasteiger partial charge < -0.3 is 34.7 Å². The lowest BCUT2D eigenvalue weighted by molar-refractivity contribution is -0.161. The molecule has 1 aromatic heterocycles.